The molecule has 0 bridgehead atoms. The van der Waals surface area contributed by atoms with E-state index >= 15 is 0 Å². The summed E-state index contributed by atoms with van der Waals surface area (Å²) in [6.07, 6.45) is 1.22. The molecule has 0 aliphatic heterocycles. The summed E-state index contributed by atoms with van der Waals surface area (Å²) in [6, 6.07) is 0.414. The van der Waals surface area contributed by atoms with Crippen LogP contribution in [0.5, 0.6) is 0 Å². The van der Waals surface area contributed by atoms with Crippen LogP contribution in [-0.4, -0.2) is 61.0 Å². The van der Waals surface area contributed by atoms with Gasteiger partial charge in [-0.2, -0.15) is 0 Å². The number of likely N-dealkylation sites (N-methyl/N-ethyl adjacent to an activating group) is 2. The summed E-state index contributed by atoms with van der Waals surface area (Å²) in [5.41, 5.74) is -0.193. The van der Waals surface area contributed by atoms with Gasteiger partial charge in [-0.3, -0.25) is 0 Å². The van der Waals surface area contributed by atoms with Crippen molar-refractivity contribution in [3.05, 3.63) is 0 Å². The molecule has 0 saturated carbocycles. The van der Waals surface area contributed by atoms with Gasteiger partial charge in [0.25, 0.3) is 0 Å². The lowest BCUT2D eigenvalue weighted by Gasteiger charge is -2.35. The van der Waals surface area contributed by atoms with Gasteiger partial charge >= 0.3 is 0 Å². The van der Waals surface area contributed by atoms with E-state index in [-0.39, 0.29) is 18.2 Å². The Bertz CT molecular complexity index is 212. The van der Waals surface area contributed by atoms with Crippen LogP contribution in [0.25, 0.3) is 0 Å². The van der Waals surface area contributed by atoms with E-state index in [1.807, 2.05) is 0 Å². The van der Waals surface area contributed by atoms with Crippen molar-refractivity contribution in [2.45, 2.75) is 58.7 Å². The summed E-state index contributed by atoms with van der Waals surface area (Å²) < 4.78 is 5.56. The standard InChI is InChI=1S/C14H32N2O2/c1-7-15-14(5,11-17)10-13(4)16(6)8-9-18-12(2)3/h12-13,15,17H,7-11H2,1-6H3. The minimum atomic E-state index is -0.193. The summed E-state index contributed by atoms with van der Waals surface area (Å²) in [6.45, 7) is 13.2. The van der Waals surface area contributed by atoms with Crippen LogP contribution < -0.4 is 5.32 Å². The number of rotatable bonds is 10. The number of nitrogens with one attached hydrogen (secondary N) is 1. The highest BCUT2D eigenvalue weighted by Gasteiger charge is 2.26. The van der Waals surface area contributed by atoms with Crippen LogP contribution in [0.15, 0.2) is 0 Å². The summed E-state index contributed by atoms with van der Waals surface area (Å²) in [5, 5.41) is 12.9. The number of aliphatic hydroxyl groups excluding tert-OH is 1. The average molecular weight is 260 g/mol. The van der Waals surface area contributed by atoms with E-state index in [9.17, 15) is 5.11 Å². The Labute approximate surface area is 113 Å². The normalized spacial score (nSPS) is 17.2. The zero-order chi connectivity index (χ0) is 14.2. The van der Waals surface area contributed by atoms with Crippen molar-refractivity contribution in [3.8, 4) is 0 Å². The van der Waals surface area contributed by atoms with Crippen molar-refractivity contribution in [2.24, 2.45) is 0 Å². The van der Waals surface area contributed by atoms with Gasteiger partial charge in [0.2, 0.25) is 0 Å². The third-order valence-corrected chi connectivity index (χ3v) is 3.35. The van der Waals surface area contributed by atoms with Gasteiger partial charge in [-0.1, -0.05) is 6.92 Å². The van der Waals surface area contributed by atoms with Crippen LogP contribution in [0.2, 0.25) is 0 Å². The molecule has 4 heteroatoms. The minimum Gasteiger partial charge on any atom is -0.394 e. The molecule has 0 saturated heterocycles. The molecule has 18 heavy (non-hydrogen) atoms. The molecule has 0 aromatic carbocycles. The molecular formula is C14H32N2O2. The number of hydrogen-bond acceptors (Lipinski definition) is 4. The van der Waals surface area contributed by atoms with Crippen molar-refractivity contribution in [3.63, 3.8) is 0 Å². The van der Waals surface area contributed by atoms with Gasteiger partial charge in [-0.05, 0) is 47.7 Å². The Morgan fingerprint density at radius 3 is 2.39 bits per heavy atom. The lowest BCUT2D eigenvalue weighted by Crippen LogP contribution is -2.50. The molecule has 0 amide bonds. The Kier molecular flexibility index (Phi) is 8.78. The molecule has 2 N–H and O–H groups in total. The Morgan fingerprint density at radius 2 is 1.94 bits per heavy atom. The maximum absolute atomic E-state index is 9.49. The molecule has 0 aromatic heterocycles. The fourth-order valence-corrected chi connectivity index (χ4v) is 2.08. The third kappa shape index (κ3) is 7.31. The smallest absolute Gasteiger partial charge is 0.0611 e. The molecule has 0 aliphatic rings. The van der Waals surface area contributed by atoms with Gasteiger partial charge in [-0.15, -0.1) is 0 Å². The van der Waals surface area contributed by atoms with Crippen molar-refractivity contribution in [1.82, 2.24) is 10.2 Å². The van der Waals surface area contributed by atoms with E-state index in [1.54, 1.807) is 0 Å². The molecule has 2 unspecified atom stereocenters. The second-order valence-corrected chi connectivity index (χ2v) is 5.70. The molecule has 0 rings (SSSR count). The highest BCUT2D eigenvalue weighted by atomic mass is 16.5. The first-order chi connectivity index (χ1) is 8.34. The first-order valence-electron chi connectivity index (χ1n) is 7.02. The van der Waals surface area contributed by atoms with Crippen LogP contribution in [0.1, 0.15) is 41.0 Å². The number of hydrogen-bond donors (Lipinski definition) is 2. The Morgan fingerprint density at radius 1 is 1.33 bits per heavy atom. The third-order valence-electron chi connectivity index (χ3n) is 3.35. The van der Waals surface area contributed by atoms with Gasteiger partial charge in [0.05, 0.1) is 19.3 Å². The van der Waals surface area contributed by atoms with Crippen molar-refractivity contribution >= 4 is 0 Å². The lowest BCUT2D eigenvalue weighted by atomic mass is 9.94. The maximum atomic E-state index is 9.49. The predicted octanol–water partition coefficient (Wildman–Crippen LogP) is 1.48. The molecule has 110 valence electrons. The maximum Gasteiger partial charge on any atom is 0.0611 e. The van der Waals surface area contributed by atoms with Gasteiger partial charge in [0.1, 0.15) is 0 Å². The van der Waals surface area contributed by atoms with Crippen molar-refractivity contribution in [2.75, 3.05) is 33.4 Å². The van der Waals surface area contributed by atoms with Gasteiger partial charge < -0.3 is 20.1 Å². The molecule has 2 atom stereocenters. The highest BCUT2D eigenvalue weighted by Crippen LogP contribution is 2.15. The molecule has 0 fully saturated rings. The van der Waals surface area contributed by atoms with Gasteiger partial charge in [0.15, 0.2) is 0 Å². The van der Waals surface area contributed by atoms with Gasteiger partial charge in [0, 0.05) is 18.1 Å². The van der Waals surface area contributed by atoms with Crippen LogP contribution in [0, 0.1) is 0 Å². The summed E-state index contributed by atoms with van der Waals surface area (Å²) in [7, 11) is 2.11. The Balaban J connectivity index is 4.08. The number of aliphatic hydroxyl groups is 1. The molecule has 0 aromatic rings. The van der Waals surface area contributed by atoms with Crippen LogP contribution in [0.3, 0.4) is 0 Å². The van der Waals surface area contributed by atoms with Crippen LogP contribution in [0.4, 0.5) is 0 Å². The monoisotopic (exact) mass is 260 g/mol. The number of ether oxygens (including phenoxy) is 1. The largest absolute Gasteiger partial charge is 0.394 e. The van der Waals surface area contributed by atoms with Crippen molar-refractivity contribution < 1.29 is 9.84 Å². The quantitative estimate of drug-likeness (QED) is 0.624. The topological polar surface area (TPSA) is 44.7 Å². The van der Waals surface area contributed by atoms with E-state index in [2.05, 4.69) is 51.9 Å². The molecule has 0 aliphatic carbocycles. The summed E-state index contributed by atoms with van der Waals surface area (Å²) in [4.78, 5) is 2.29. The average Bonchev–Trinajstić information content (AvgIpc) is 2.28. The molecule has 0 heterocycles. The van der Waals surface area contributed by atoms with Crippen LogP contribution in [-0.2, 0) is 4.74 Å². The van der Waals surface area contributed by atoms with E-state index in [4.69, 9.17) is 4.74 Å². The first-order valence-corrected chi connectivity index (χ1v) is 7.02. The first kappa shape index (κ1) is 17.8. The fourth-order valence-electron chi connectivity index (χ4n) is 2.08. The molecule has 0 spiro atoms. The molecular weight excluding hydrogens is 228 g/mol. The SMILES string of the molecule is CCNC(C)(CO)CC(C)N(C)CCOC(C)C. The van der Waals surface area contributed by atoms with E-state index in [1.165, 1.54) is 0 Å². The van der Waals surface area contributed by atoms with Gasteiger partial charge in [-0.25, -0.2) is 0 Å². The predicted molar refractivity (Wildman–Crippen MR) is 77.0 cm³/mol. The fraction of sp³-hybridized carbons (Fsp3) is 1.00. The van der Waals surface area contributed by atoms with E-state index < -0.39 is 0 Å². The molecule has 0 radical (unpaired) electrons. The summed E-state index contributed by atoms with van der Waals surface area (Å²) >= 11 is 0. The number of nitrogens with zero attached hydrogens (tertiary/aromatic N) is 1. The zero-order valence-electron chi connectivity index (χ0n) is 13.0. The molecule has 4 nitrogen and oxygen atoms in total. The highest BCUT2D eigenvalue weighted by molar-refractivity contribution is 4.86. The lowest BCUT2D eigenvalue weighted by molar-refractivity contribution is 0.0506. The van der Waals surface area contributed by atoms with E-state index in [0.29, 0.717) is 6.04 Å². The second kappa shape index (κ2) is 8.86. The zero-order valence-corrected chi connectivity index (χ0v) is 13.0. The van der Waals surface area contributed by atoms with Crippen molar-refractivity contribution in [1.29, 1.82) is 0 Å². The van der Waals surface area contributed by atoms with E-state index in [0.717, 1.165) is 26.1 Å². The minimum absolute atomic E-state index is 0.168. The summed E-state index contributed by atoms with van der Waals surface area (Å²) in [5.74, 6) is 0. The Hall–Kier alpha value is -0.160. The van der Waals surface area contributed by atoms with Crippen LogP contribution >= 0.6 is 0 Å². The second-order valence-electron chi connectivity index (χ2n) is 5.70.